The largest absolute Gasteiger partial charge is 0.493 e. The average molecular weight is 442 g/mol. The Hall–Kier alpha value is -3.10. The van der Waals surface area contributed by atoms with E-state index in [-0.39, 0.29) is 18.7 Å². The lowest BCUT2D eigenvalue weighted by Gasteiger charge is -2.25. The molecule has 0 atom stereocenters. The molecule has 0 unspecified atom stereocenters. The summed E-state index contributed by atoms with van der Waals surface area (Å²) in [6.45, 7) is 4.48. The SMILES string of the molecule is COc1cc2cc(CN(CCO)C(=S)Nc3ccc(C)cc3C)c(=O)[nH]c2cc1OC. The molecule has 0 saturated carbocycles. The zero-order valence-electron chi connectivity index (χ0n) is 18.1. The molecular formula is C23H27N3O4S. The molecule has 2 aromatic carbocycles. The molecular weight excluding hydrogens is 414 g/mol. The standard InChI is InChI=1S/C23H27N3O4S/c1-14-5-6-18(15(2)9-14)25-23(31)26(7-8-27)13-17-10-16-11-20(29-3)21(30-4)12-19(16)24-22(17)28/h5-6,9-12,27H,7-8,13H2,1-4H3,(H,24,28)(H,25,31). The van der Waals surface area contributed by atoms with Gasteiger partial charge in [0.2, 0.25) is 0 Å². The Morgan fingerprint density at radius 2 is 1.84 bits per heavy atom. The Morgan fingerprint density at radius 3 is 2.48 bits per heavy atom. The van der Waals surface area contributed by atoms with E-state index in [1.807, 2.05) is 32.0 Å². The van der Waals surface area contributed by atoms with Crippen LogP contribution in [0.15, 0.2) is 41.2 Å². The summed E-state index contributed by atoms with van der Waals surface area (Å²) in [5.41, 5.74) is 4.07. The number of aliphatic hydroxyl groups is 1. The molecule has 31 heavy (non-hydrogen) atoms. The maximum absolute atomic E-state index is 12.7. The van der Waals surface area contributed by atoms with E-state index in [0.717, 1.165) is 22.2 Å². The van der Waals surface area contributed by atoms with Gasteiger partial charge in [0, 0.05) is 29.2 Å². The molecule has 1 aromatic heterocycles. The van der Waals surface area contributed by atoms with Crippen molar-refractivity contribution in [2.24, 2.45) is 0 Å². The normalized spacial score (nSPS) is 10.7. The minimum atomic E-state index is -0.225. The van der Waals surface area contributed by atoms with Crippen molar-refractivity contribution in [2.75, 3.05) is 32.7 Å². The van der Waals surface area contributed by atoms with Crippen molar-refractivity contribution in [1.82, 2.24) is 9.88 Å². The van der Waals surface area contributed by atoms with Crippen LogP contribution < -0.4 is 20.3 Å². The van der Waals surface area contributed by atoms with Crippen LogP contribution in [-0.4, -0.2) is 47.5 Å². The number of aryl methyl sites for hydroxylation is 2. The number of H-pyrrole nitrogens is 1. The van der Waals surface area contributed by atoms with Gasteiger partial charge in [0.15, 0.2) is 16.6 Å². The number of nitrogens with one attached hydrogen (secondary N) is 2. The van der Waals surface area contributed by atoms with Gasteiger partial charge >= 0.3 is 0 Å². The molecule has 0 amide bonds. The van der Waals surface area contributed by atoms with Gasteiger partial charge in [-0.3, -0.25) is 4.79 Å². The Balaban J connectivity index is 1.90. The third-order valence-corrected chi connectivity index (χ3v) is 5.43. The number of thiocarbonyl (C=S) groups is 1. The molecule has 3 N–H and O–H groups in total. The van der Waals surface area contributed by atoms with Gasteiger partial charge in [-0.1, -0.05) is 17.7 Å². The number of pyridine rings is 1. The number of methoxy groups -OCH3 is 2. The summed E-state index contributed by atoms with van der Waals surface area (Å²) in [5, 5.41) is 14.0. The molecule has 164 valence electrons. The maximum Gasteiger partial charge on any atom is 0.253 e. The Bertz CT molecular complexity index is 1160. The van der Waals surface area contributed by atoms with E-state index in [4.69, 9.17) is 21.7 Å². The van der Waals surface area contributed by atoms with Gasteiger partial charge in [0.05, 0.1) is 32.9 Å². The third kappa shape index (κ3) is 5.15. The second-order valence-corrected chi connectivity index (χ2v) is 7.70. The van der Waals surface area contributed by atoms with Crippen LogP contribution in [0, 0.1) is 13.8 Å². The number of aromatic amines is 1. The topological polar surface area (TPSA) is 86.8 Å². The monoisotopic (exact) mass is 441 g/mol. The zero-order valence-corrected chi connectivity index (χ0v) is 18.9. The van der Waals surface area contributed by atoms with E-state index in [9.17, 15) is 9.90 Å². The Kier molecular flexibility index (Phi) is 7.14. The maximum atomic E-state index is 12.7. The van der Waals surface area contributed by atoms with Crippen molar-refractivity contribution in [3.05, 3.63) is 63.4 Å². The first-order valence-corrected chi connectivity index (χ1v) is 10.3. The molecule has 0 saturated heterocycles. The van der Waals surface area contributed by atoms with E-state index in [1.54, 1.807) is 31.3 Å². The van der Waals surface area contributed by atoms with E-state index >= 15 is 0 Å². The van der Waals surface area contributed by atoms with Crippen molar-refractivity contribution in [3.63, 3.8) is 0 Å². The van der Waals surface area contributed by atoms with Gasteiger partial charge < -0.3 is 29.8 Å². The second-order valence-electron chi connectivity index (χ2n) is 7.31. The Labute approximate surface area is 186 Å². The molecule has 3 aromatic rings. The van der Waals surface area contributed by atoms with Gasteiger partial charge in [0.25, 0.3) is 5.56 Å². The van der Waals surface area contributed by atoms with Crippen LogP contribution in [0.25, 0.3) is 10.9 Å². The number of hydrogen-bond acceptors (Lipinski definition) is 5. The summed E-state index contributed by atoms with van der Waals surface area (Å²) in [6.07, 6.45) is 0. The van der Waals surface area contributed by atoms with Crippen molar-refractivity contribution in [3.8, 4) is 11.5 Å². The van der Waals surface area contributed by atoms with Crippen LogP contribution in [0.1, 0.15) is 16.7 Å². The first-order valence-electron chi connectivity index (χ1n) is 9.88. The lowest BCUT2D eigenvalue weighted by atomic mass is 10.1. The number of nitrogens with zero attached hydrogens (tertiary/aromatic N) is 1. The van der Waals surface area contributed by atoms with E-state index < -0.39 is 0 Å². The molecule has 0 radical (unpaired) electrons. The fraction of sp³-hybridized carbons (Fsp3) is 0.304. The van der Waals surface area contributed by atoms with Crippen molar-refractivity contribution < 1.29 is 14.6 Å². The summed E-state index contributed by atoms with van der Waals surface area (Å²) >= 11 is 5.58. The first kappa shape index (κ1) is 22.6. The van der Waals surface area contributed by atoms with Crippen LogP contribution in [0.4, 0.5) is 5.69 Å². The van der Waals surface area contributed by atoms with Gasteiger partial charge in [-0.05, 0) is 49.8 Å². The number of benzene rings is 2. The highest BCUT2D eigenvalue weighted by molar-refractivity contribution is 7.80. The van der Waals surface area contributed by atoms with Gasteiger partial charge in [0.1, 0.15) is 0 Å². The van der Waals surface area contributed by atoms with Gasteiger partial charge in [-0.15, -0.1) is 0 Å². The van der Waals surface area contributed by atoms with E-state index in [2.05, 4.69) is 16.4 Å². The summed E-state index contributed by atoms with van der Waals surface area (Å²) < 4.78 is 10.7. The number of ether oxygens (including phenoxy) is 2. The van der Waals surface area contributed by atoms with Crippen LogP contribution in [-0.2, 0) is 6.54 Å². The molecule has 0 bridgehead atoms. The molecule has 0 fully saturated rings. The number of hydrogen-bond donors (Lipinski definition) is 3. The molecule has 0 aliphatic rings. The molecule has 7 nitrogen and oxygen atoms in total. The highest BCUT2D eigenvalue weighted by Gasteiger charge is 2.15. The highest BCUT2D eigenvalue weighted by Crippen LogP contribution is 2.31. The average Bonchev–Trinajstić information content (AvgIpc) is 2.74. The van der Waals surface area contributed by atoms with Crippen LogP contribution in [0.3, 0.4) is 0 Å². The summed E-state index contributed by atoms with van der Waals surface area (Å²) in [7, 11) is 3.11. The first-order chi connectivity index (χ1) is 14.9. The predicted octanol–water partition coefficient (Wildman–Crippen LogP) is 3.35. The smallest absolute Gasteiger partial charge is 0.253 e. The third-order valence-electron chi connectivity index (χ3n) is 5.07. The lowest BCUT2D eigenvalue weighted by Crippen LogP contribution is -2.38. The highest BCUT2D eigenvalue weighted by atomic mass is 32.1. The molecule has 0 aliphatic heterocycles. The van der Waals surface area contributed by atoms with Gasteiger partial charge in [-0.25, -0.2) is 0 Å². The van der Waals surface area contributed by atoms with Crippen molar-refractivity contribution in [1.29, 1.82) is 0 Å². The minimum absolute atomic E-state index is 0.0921. The molecule has 3 rings (SSSR count). The molecule has 1 heterocycles. The van der Waals surface area contributed by atoms with E-state index in [0.29, 0.717) is 34.2 Å². The summed E-state index contributed by atoms with van der Waals surface area (Å²) in [4.78, 5) is 17.4. The summed E-state index contributed by atoms with van der Waals surface area (Å²) in [6, 6.07) is 11.4. The summed E-state index contributed by atoms with van der Waals surface area (Å²) in [5.74, 6) is 1.12. The molecule has 0 aliphatic carbocycles. The van der Waals surface area contributed by atoms with Crippen molar-refractivity contribution >= 4 is 33.9 Å². The van der Waals surface area contributed by atoms with Crippen molar-refractivity contribution in [2.45, 2.75) is 20.4 Å². The quantitative estimate of drug-likeness (QED) is 0.485. The fourth-order valence-electron chi connectivity index (χ4n) is 3.42. The van der Waals surface area contributed by atoms with Gasteiger partial charge in [-0.2, -0.15) is 0 Å². The van der Waals surface area contributed by atoms with E-state index in [1.165, 1.54) is 0 Å². The number of fused-ring (bicyclic) bond motifs is 1. The van der Waals surface area contributed by atoms with Crippen LogP contribution in [0.5, 0.6) is 11.5 Å². The molecule has 8 heteroatoms. The number of aliphatic hydroxyl groups excluding tert-OH is 1. The fourth-order valence-corrected chi connectivity index (χ4v) is 3.69. The number of anilines is 1. The molecule has 0 spiro atoms. The minimum Gasteiger partial charge on any atom is -0.493 e. The van der Waals surface area contributed by atoms with Crippen LogP contribution >= 0.6 is 12.2 Å². The number of rotatable bonds is 7. The Morgan fingerprint density at radius 1 is 1.13 bits per heavy atom. The zero-order chi connectivity index (χ0) is 22.5. The number of aromatic nitrogens is 1. The lowest BCUT2D eigenvalue weighted by molar-refractivity contribution is 0.248. The predicted molar refractivity (Wildman–Crippen MR) is 127 cm³/mol. The van der Waals surface area contributed by atoms with Crippen LogP contribution in [0.2, 0.25) is 0 Å². The second kappa shape index (κ2) is 9.80.